The standard InChI is InChI=1S/C21H27NO2/c1-23-20-14-8-11-18(15-22-19-12-6-3-7-13-19)21(20)24-16-17-9-4-2-5-10-17/h2,4-5,8-11,14,19,22H,3,6-7,12-13,15-16H2,1H3. The summed E-state index contributed by atoms with van der Waals surface area (Å²) in [5.41, 5.74) is 2.32. The summed E-state index contributed by atoms with van der Waals surface area (Å²) in [5.74, 6) is 1.65. The maximum Gasteiger partial charge on any atom is 0.166 e. The van der Waals surface area contributed by atoms with Crippen LogP contribution in [-0.2, 0) is 13.2 Å². The molecule has 1 N–H and O–H groups in total. The molecule has 0 atom stereocenters. The number of hydrogen-bond acceptors (Lipinski definition) is 3. The molecule has 2 aromatic rings. The van der Waals surface area contributed by atoms with Gasteiger partial charge in [0.1, 0.15) is 6.61 Å². The fourth-order valence-corrected chi connectivity index (χ4v) is 3.32. The number of para-hydroxylation sites is 1. The van der Waals surface area contributed by atoms with E-state index < -0.39 is 0 Å². The van der Waals surface area contributed by atoms with Gasteiger partial charge in [-0.1, -0.05) is 61.7 Å². The van der Waals surface area contributed by atoms with Crippen LogP contribution in [0.5, 0.6) is 11.5 Å². The Morgan fingerprint density at radius 1 is 0.958 bits per heavy atom. The van der Waals surface area contributed by atoms with Gasteiger partial charge in [0.2, 0.25) is 0 Å². The Bertz CT molecular complexity index is 621. The van der Waals surface area contributed by atoms with Crippen molar-refractivity contribution in [2.45, 2.75) is 51.3 Å². The number of hydrogen-bond donors (Lipinski definition) is 1. The summed E-state index contributed by atoms with van der Waals surface area (Å²) in [4.78, 5) is 0. The van der Waals surface area contributed by atoms with Crippen molar-refractivity contribution in [2.75, 3.05) is 7.11 Å². The Kier molecular flexibility index (Phi) is 6.13. The maximum atomic E-state index is 6.12. The second-order valence-corrected chi connectivity index (χ2v) is 6.44. The average Bonchev–Trinajstić information content (AvgIpc) is 2.66. The highest BCUT2D eigenvalue weighted by atomic mass is 16.5. The van der Waals surface area contributed by atoms with Gasteiger partial charge in [0.15, 0.2) is 11.5 Å². The van der Waals surface area contributed by atoms with E-state index in [1.807, 2.05) is 30.3 Å². The number of methoxy groups -OCH3 is 1. The summed E-state index contributed by atoms with van der Waals surface area (Å²) in [6.07, 6.45) is 6.62. The fraction of sp³-hybridized carbons (Fsp3) is 0.429. The zero-order chi connectivity index (χ0) is 16.6. The minimum atomic E-state index is 0.553. The largest absolute Gasteiger partial charge is 0.493 e. The molecule has 0 spiro atoms. The highest BCUT2D eigenvalue weighted by Crippen LogP contribution is 2.32. The van der Waals surface area contributed by atoms with Gasteiger partial charge in [-0.15, -0.1) is 0 Å². The van der Waals surface area contributed by atoms with E-state index in [-0.39, 0.29) is 0 Å². The molecule has 2 aromatic carbocycles. The summed E-state index contributed by atoms with van der Waals surface area (Å²) < 4.78 is 11.6. The number of rotatable bonds is 7. The lowest BCUT2D eigenvalue weighted by atomic mass is 9.95. The Balaban J connectivity index is 1.68. The van der Waals surface area contributed by atoms with Crippen molar-refractivity contribution in [3.05, 3.63) is 59.7 Å². The molecule has 0 saturated heterocycles. The lowest BCUT2D eigenvalue weighted by Gasteiger charge is -2.24. The molecular weight excluding hydrogens is 298 g/mol. The lowest BCUT2D eigenvalue weighted by molar-refractivity contribution is 0.279. The quantitative estimate of drug-likeness (QED) is 0.800. The average molecular weight is 325 g/mol. The molecule has 128 valence electrons. The number of ether oxygens (including phenoxy) is 2. The van der Waals surface area contributed by atoms with Crippen LogP contribution in [0.1, 0.15) is 43.2 Å². The van der Waals surface area contributed by atoms with Gasteiger partial charge in [0.05, 0.1) is 7.11 Å². The van der Waals surface area contributed by atoms with Gasteiger partial charge in [-0.25, -0.2) is 0 Å². The fourth-order valence-electron chi connectivity index (χ4n) is 3.32. The number of nitrogens with one attached hydrogen (secondary N) is 1. The maximum absolute atomic E-state index is 6.12. The third kappa shape index (κ3) is 4.51. The van der Waals surface area contributed by atoms with Crippen molar-refractivity contribution >= 4 is 0 Å². The lowest BCUT2D eigenvalue weighted by Crippen LogP contribution is -2.30. The van der Waals surface area contributed by atoms with E-state index in [9.17, 15) is 0 Å². The summed E-state index contributed by atoms with van der Waals surface area (Å²) in [7, 11) is 1.70. The van der Waals surface area contributed by atoms with E-state index in [2.05, 4.69) is 23.5 Å². The van der Waals surface area contributed by atoms with Crippen molar-refractivity contribution < 1.29 is 9.47 Å². The third-order valence-electron chi connectivity index (χ3n) is 4.69. The molecule has 0 unspecified atom stereocenters. The van der Waals surface area contributed by atoms with Gasteiger partial charge in [-0.05, 0) is 24.5 Å². The summed E-state index contributed by atoms with van der Waals surface area (Å²) in [6.45, 7) is 1.38. The van der Waals surface area contributed by atoms with Crippen LogP contribution in [0.2, 0.25) is 0 Å². The molecule has 3 nitrogen and oxygen atoms in total. The summed E-state index contributed by atoms with van der Waals surface area (Å²) in [5, 5.41) is 3.69. The van der Waals surface area contributed by atoms with Crippen LogP contribution in [0.4, 0.5) is 0 Å². The highest BCUT2D eigenvalue weighted by Gasteiger charge is 2.15. The molecule has 1 aliphatic carbocycles. The van der Waals surface area contributed by atoms with Gasteiger partial charge < -0.3 is 14.8 Å². The molecule has 0 bridgehead atoms. The second-order valence-electron chi connectivity index (χ2n) is 6.44. The van der Waals surface area contributed by atoms with Crippen LogP contribution >= 0.6 is 0 Å². The first-order chi connectivity index (χ1) is 11.9. The highest BCUT2D eigenvalue weighted by molar-refractivity contribution is 5.46. The molecule has 3 heteroatoms. The first-order valence-corrected chi connectivity index (χ1v) is 8.93. The Morgan fingerprint density at radius 3 is 2.50 bits per heavy atom. The minimum absolute atomic E-state index is 0.553. The minimum Gasteiger partial charge on any atom is -0.493 e. The SMILES string of the molecule is COc1cccc(CNC2CCCCC2)c1OCc1ccccc1. The second kappa shape index (κ2) is 8.74. The third-order valence-corrected chi connectivity index (χ3v) is 4.69. The van der Waals surface area contributed by atoms with Gasteiger partial charge in [0, 0.05) is 18.2 Å². The van der Waals surface area contributed by atoms with Crippen molar-refractivity contribution in [2.24, 2.45) is 0 Å². The van der Waals surface area contributed by atoms with E-state index in [0.29, 0.717) is 12.6 Å². The van der Waals surface area contributed by atoms with E-state index in [1.165, 1.54) is 32.1 Å². The molecule has 1 aliphatic rings. The number of benzene rings is 2. The van der Waals surface area contributed by atoms with Gasteiger partial charge >= 0.3 is 0 Å². The van der Waals surface area contributed by atoms with Gasteiger partial charge in [0.25, 0.3) is 0 Å². The molecule has 0 aromatic heterocycles. The smallest absolute Gasteiger partial charge is 0.166 e. The molecule has 0 heterocycles. The van der Waals surface area contributed by atoms with Gasteiger partial charge in [-0.2, -0.15) is 0 Å². The summed E-state index contributed by atoms with van der Waals surface area (Å²) >= 11 is 0. The Hall–Kier alpha value is -2.00. The van der Waals surface area contributed by atoms with Crippen molar-refractivity contribution in [1.82, 2.24) is 5.32 Å². The van der Waals surface area contributed by atoms with Crippen LogP contribution in [0.25, 0.3) is 0 Å². The van der Waals surface area contributed by atoms with E-state index >= 15 is 0 Å². The van der Waals surface area contributed by atoms with Crippen LogP contribution in [-0.4, -0.2) is 13.2 Å². The van der Waals surface area contributed by atoms with Crippen LogP contribution in [0.15, 0.2) is 48.5 Å². The Labute approximate surface area is 145 Å². The van der Waals surface area contributed by atoms with E-state index in [0.717, 1.165) is 29.2 Å². The zero-order valence-corrected chi connectivity index (χ0v) is 14.5. The molecular formula is C21H27NO2. The predicted molar refractivity (Wildman–Crippen MR) is 97.5 cm³/mol. The summed E-state index contributed by atoms with van der Waals surface area (Å²) in [6, 6.07) is 17.0. The molecule has 3 rings (SSSR count). The molecule has 1 saturated carbocycles. The molecule has 1 fully saturated rings. The Morgan fingerprint density at radius 2 is 1.75 bits per heavy atom. The zero-order valence-electron chi connectivity index (χ0n) is 14.5. The predicted octanol–water partition coefficient (Wildman–Crippen LogP) is 4.70. The molecule has 24 heavy (non-hydrogen) atoms. The van der Waals surface area contributed by atoms with Crippen molar-refractivity contribution in [3.8, 4) is 11.5 Å². The topological polar surface area (TPSA) is 30.5 Å². The molecule has 0 amide bonds. The van der Waals surface area contributed by atoms with Crippen LogP contribution < -0.4 is 14.8 Å². The van der Waals surface area contributed by atoms with E-state index in [1.54, 1.807) is 7.11 Å². The first-order valence-electron chi connectivity index (χ1n) is 8.93. The molecule has 0 radical (unpaired) electrons. The van der Waals surface area contributed by atoms with Crippen molar-refractivity contribution in [1.29, 1.82) is 0 Å². The van der Waals surface area contributed by atoms with Gasteiger partial charge in [-0.3, -0.25) is 0 Å². The van der Waals surface area contributed by atoms with Crippen LogP contribution in [0, 0.1) is 0 Å². The van der Waals surface area contributed by atoms with Crippen molar-refractivity contribution in [3.63, 3.8) is 0 Å². The van der Waals surface area contributed by atoms with Crippen LogP contribution in [0.3, 0.4) is 0 Å². The van der Waals surface area contributed by atoms with E-state index in [4.69, 9.17) is 9.47 Å². The first kappa shape index (κ1) is 16.8. The normalized spacial score (nSPS) is 15.2. The molecule has 0 aliphatic heterocycles. The monoisotopic (exact) mass is 325 g/mol.